The number of rotatable bonds is 5. The first kappa shape index (κ1) is 14.8. The van der Waals surface area contributed by atoms with E-state index in [0.717, 1.165) is 23.8 Å². The molecule has 1 saturated heterocycles. The highest BCUT2D eigenvalue weighted by Crippen LogP contribution is 2.49. The topological polar surface area (TPSA) is 15.3 Å². The van der Waals surface area contributed by atoms with Crippen LogP contribution < -0.4 is 5.32 Å². The summed E-state index contributed by atoms with van der Waals surface area (Å²) in [4.78, 5) is 2.87. The van der Waals surface area contributed by atoms with Gasteiger partial charge in [-0.1, -0.05) is 26.7 Å². The van der Waals surface area contributed by atoms with E-state index in [1.807, 2.05) is 0 Å². The molecule has 1 N–H and O–H groups in total. The molecule has 2 aliphatic carbocycles. The molecule has 116 valence electrons. The normalized spacial score (nSPS) is 45.1. The maximum Gasteiger partial charge on any atom is 0.0304 e. The van der Waals surface area contributed by atoms with Gasteiger partial charge in [-0.3, -0.25) is 4.90 Å². The molecule has 1 aliphatic heterocycles. The SMILES string of the molecule is CCCC1CN(CC2CC3CCC2C3)C(C)(CC)CN1. The summed E-state index contributed by atoms with van der Waals surface area (Å²) in [6.45, 7) is 11.0. The molecule has 0 amide bonds. The minimum absolute atomic E-state index is 0.395. The Balaban J connectivity index is 1.63. The molecule has 3 aliphatic rings. The molecule has 0 spiro atoms. The molecule has 20 heavy (non-hydrogen) atoms. The summed E-state index contributed by atoms with van der Waals surface area (Å²) in [5.74, 6) is 3.17. The highest BCUT2D eigenvalue weighted by Gasteiger charge is 2.43. The Kier molecular flexibility index (Phi) is 4.42. The fourth-order valence-electron chi connectivity index (χ4n) is 5.10. The molecule has 0 aromatic heterocycles. The summed E-state index contributed by atoms with van der Waals surface area (Å²) in [6, 6.07) is 0.734. The van der Waals surface area contributed by atoms with Crippen molar-refractivity contribution >= 4 is 0 Å². The predicted molar refractivity (Wildman–Crippen MR) is 85.9 cm³/mol. The van der Waals surface area contributed by atoms with Crippen LogP contribution in [0.25, 0.3) is 0 Å². The highest BCUT2D eigenvalue weighted by atomic mass is 15.3. The number of hydrogen-bond acceptors (Lipinski definition) is 2. The van der Waals surface area contributed by atoms with E-state index >= 15 is 0 Å². The average molecular weight is 278 g/mol. The Bertz CT molecular complexity index is 329. The standard InChI is InChI=1S/C18H34N2/c1-4-6-17-12-20(18(3,5-2)13-19-17)11-16-10-14-7-8-15(16)9-14/h14-17,19H,4-13H2,1-3H3. The lowest BCUT2D eigenvalue weighted by Crippen LogP contribution is -2.63. The Morgan fingerprint density at radius 3 is 2.65 bits per heavy atom. The van der Waals surface area contributed by atoms with Crippen LogP contribution >= 0.6 is 0 Å². The molecule has 3 rings (SSSR count). The Morgan fingerprint density at radius 2 is 2.05 bits per heavy atom. The van der Waals surface area contributed by atoms with Gasteiger partial charge >= 0.3 is 0 Å². The van der Waals surface area contributed by atoms with Crippen molar-refractivity contribution in [2.45, 2.75) is 77.3 Å². The summed E-state index contributed by atoms with van der Waals surface area (Å²) < 4.78 is 0. The van der Waals surface area contributed by atoms with Gasteiger partial charge < -0.3 is 5.32 Å². The first-order valence-corrected chi connectivity index (χ1v) is 9.13. The molecule has 1 heterocycles. The third kappa shape index (κ3) is 2.78. The van der Waals surface area contributed by atoms with E-state index in [1.54, 1.807) is 6.42 Å². The van der Waals surface area contributed by atoms with Gasteiger partial charge in [0, 0.05) is 31.2 Å². The third-order valence-electron chi connectivity index (χ3n) is 6.71. The second kappa shape index (κ2) is 5.96. The molecule has 5 unspecified atom stereocenters. The van der Waals surface area contributed by atoms with Crippen molar-refractivity contribution in [3.05, 3.63) is 0 Å². The van der Waals surface area contributed by atoms with E-state index in [9.17, 15) is 0 Å². The van der Waals surface area contributed by atoms with Crippen LogP contribution in [0.4, 0.5) is 0 Å². The van der Waals surface area contributed by atoms with E-state index in [1.165, 1.54) is 58.2 Å². The number of fused-ring (bicyclic) bond motifs is 2. The van der Waals surface area contributed by atoms with Crippen molar-refractivity contribution in [3.8, 4) is 0 Å². The fraction of sp³-hybridized carbons (Fsp3) is 1.00. The van der Waals surface area contributed by atoms with Crippen LogP contribution in [0.1, 0.15) is 65.7 Å². The second-order valence-corrected chi connectivity index (χ2v) is 8.06. The molecule has 3 fully saturated rings. The maximum absolute atomic E-state index is 3.81. The molecule has 2 heteroatoms. The van der Waals surface area contributed by atoms with Gasteiger partial charge in [-0.05, 0) is 56.8 Å². The number of piperazine rings is 1. The zero-order valence-corrected chi connectivity index (χ0v) is 13.8. The summed E-state index contributed by atoms with van der Waals surface area (Å²) in [5, 5.41) is 3.81. The van der Waals surface area contributed by atoms with Crippen LogP contribution in [0.3, 0.4) is 0 Å². The van der Waals surface area contributed by atoms with Crippen molar-refractivity contribution in [3.63, 3.8) is 0 Å². The van der Waals surface area contributed by atoms with Gasteiger partial charge in [0.1, 0.15) is 0 Å². The third-order valence-corrected chi connectivity index (χ3v) is 6.71. The number of nitrogens with zero attached hydrogens (tertiary/aromatic N) is 1. The first-order chi connectivity index (χ1) is 9.64. The van der Waals surface area contributed by atoms with Crippen molar-refractivity contribution < 1.29 is 0 Å². The zero-order valence-electron chi connectivity index (χ0n) is 13.8. The lowest BCUT2D eigenvalue weighted by molar-refractivity contribution is 0.0249. The van der Waals surface area contributed by atoms with Crippen LogP contribution in [0.2, 0.25) is 0 Å². The molecular weight excluding hydrogens is 244 g/mol. The van der Waals surface area contributed by atoms with Crippen molar-refractivity contribution in [1.82, 2.24) is 10.2 Å². The van der Waals surface area contributed by atoms with E-state index < -0.39 is 0 Å². The smallest absolute Gasteiger partial charge is 0.0304 e. The first-order valence-electron chi connectivity index (χ1n) is 9.13. The van der Waals surface area contributed by atoms with E-state index in [-0.39, 0.29) is 0 Å². The fourth-order valence-corrected chi connectivity index (χ4v) is 5.10. The number of hydrogen-bond donors (Lipinski definition) is 1. The minimum atomic E-state index is 0.395. The second-order valence-electron chi connectivity index (χ2n) is 8.06. The average Bonchev–Trinajstić information content (AvgIpc) is 3.05. The van der Waals surface area contributed by atoms with E-state index in [4.69, 9.17) is 0 Å². The molecule has 0 aromatic carbocycles. The van der Waals surface area contributed by atoms with Crippen molar-refractivity contribution in [1.29, 1.82) is 0 Å². The maximum atomic E-state index is 3.81. The molecule has 0 radical (unpaired) electrons. The van der Waals surface area contributed by atoms with Gasteiger partial charge in [-0.2, -0.15) is 0 Å². The predicted octanol–water partition coefficient (Wildman–Crippen LogP) is 3.67. The lowest BCUT2D eigenvalue weighted by atomic mass is 9.85. The molecule has 2 nitrogen and oxygen atoms in total. The Labute approximate surface area is 125 Å². The van der Waals surface area contributed by atoms with Gasteiger partial charge in [0.25, 0.3) is 0 Å². The Morgan fingerprint density at radius 1 is 1.20 bits per heavy atom. The Hall–Kier alpha value is -0.0800. The van der Waals surface area contributed by atoms with E-state index in [2.05, 4.69) is 31.0 Å². The largest absolute Gasteiger partial charge is 0.311 e. The quantitative estimate of drug-likeness (QED) is 0.825. The molecule has 2 saturated carbocycles. The van der Waals surface area contributed by atoms with Crippen LogP contribution in [0.15, 0.2) is 0 Å². The lowest BCUT2D eigenvalue weighted by Gasteiger charge is -2.49. The summed E-state index contributed by atoms with van der Waals surface area (Å²) >= 11 is 0. The van der Waals surface area contributed by atoms with Crippen LogP contribution in [-0.4, -0.2) is 36.1 Å². The van der Waals surface area contributed by atoms with Gasteiger partial charge in [0.15, 0.2) is 0 Å². The van der Waals surface area contributed by atoms with E-state index in [0.29, 0.717) is 5.54 Å². The molecule has 2 bridgehead atoms. The van der Waals surface area contributed by atoms with Gasteiger partial charge in [-0.15, -0.1) is 0 Å². The summed E-state index contributed by atoms with van der Waals surface area (Å²) in [6.07, 6.45) is 10.1. The molecular formula is C18H34N2. The number of nitrogens with one attached hydrogen (secondary N) is 1. The monoisotopic (exact) mass is 278 g/mol. The molecule has 5 atom stereocenters. The van der Waals surface area contributed by atoms with Gasteiger partial charge in [0.05, 0.1) is 0 Å². The minimum Gasteiger partial charge on any atom is -0.311 e. The molecule has 0 aromatic rings. The van der Waals surface area contributed by atoms with Crippen molar-refractivity contribution in [2.75, 3.05) is 19.6 Å². The van der Waals surface area contributed by atoms with Gasteiger partial charge in [0.2, 0.25) is 0 Å². The summed E-state index contributed by atoms with van der Waals surface area (Å²) in [7, 11) is 0. The summed E-state index contributed by atoms with van der Waals surface area (Å²) in [5.41, 5.74) is 0.395. The van der Waals surface area contributed by atoms with Crippen LogP contribution in [0, 0.1) is 17.8 Å². The van der Waals surface area contributed by atoms with Crippen LogP contribution in [-0.2, 0) is 0 Å². The van der Waals surface area contributed by atoms with Gasteiger partial charge in [-0.25, -0.2) is 0 Å². The zero-order chi connectivity index (χ0) is 14.2. The van der Waals surface area contributed by atoms with Crippen LogP contribution in [0.5, 0.6) is 0 Å². The van der Waals surface area contributed by atoms with Crippen molar-refractivity contribution in [2.24, 2.45) is 17.8 Å². The highest BCUT2D eigenvalue weighted by molar-refractivity contribution is 4.98.